The topological polar surface area (TPSA) is 121 Å². The number of rotatable bonds is 4. The maximum atomic E-state index is 11.5. The molecule has 3 rings (SSSR count). The number of carbonyl (C=O) groups is 1. The van der Waals surface area contributed by atoms with Gasteiger partial charge in [-0.3, -0.25) is 4.79 Å². The molecule has 1 aromatic heterocycles. The molecule has 0 saturated carbocycles. The minimum atomic E-state index is -3.78. The van der Waals surface area contributed by atoms with Crippen molar-refractivity contribution in [2.24, 2.45) is 10.9 Å². The van der Waals surface area contributed by atoms with Gasteiger partial charge in [0.1, 0.15) is 0 Å². The summed E-state index contributed by atoms with van der Waals surface area (Å²) >= 11 is 0. The molecule has 0 fully saturated rings. The Morgan fingerprint density at radius 2 is 1.64 bits per heavy atom. The molecule has 8 heteroatoms. The first-order valence-electron chi connectivity index (χ1n) is 7.36. The van der Waals surface area contributed by atoms with Crippen LogP contribution in [0.4, 0.5) is 0 Å². The zero-order valence-corrected chi connectivity index (χ0v) is 14.2. The first-order valence-corrected chi connectivity index (χ1v) is 8.90. The molecule has 0 aliphatic carbocycles. The van der Waals surface area contributed by atoms with Crippen LogP contribution < -0.4 is 10.9 Å². The number of amides is 1. The Hall–Kier alpha value is -2.97. The zero-order valence-electron chi connectivity index (χ0n) is 13.4. The van der Waals surface area contributed by atoms with Crippen LogP contribution in [0.2, 0.25) is 0 Å². The van der Waals surface area contributed by atoms with E-state index in [1.54, 1.807) is 18.2 Å². The number of primary sulfonamides is 1. The van der Waals surface area contributed by atoms with Gasteiger partial charge in [-0.15, -0.1) is 0 Å². The highest BCUT2D eigenvalue weighted by Crippen LogP contribution is 2.25. The minimum absolute atomic E-state index is 0.00424. The average Bonchev–Trinajstić information content (AvgIpc) is 3.00. The van der Waals surface area contributed by atoms with Gasteiger partial charge in [0.25, 0.3) is 5.91 Å². The van der Waals surface area contributed by atoms with Crippen LogP contribution in [0.5, 0.6) is 0 Å². The summed E-state index contributed by atoms with van der Waals surface area (Å²) in [6.07, 6.45) is 0. The van der Waals surface area contributed by atoms with Gasteiger partial charge in [-0.1, -0.05) is 29.8 Å². The van der Waals surface area contributed by atoms with Crippen molar-refractivity contribution in [3.05, 3.63) is 65.9 Å². The molecule has 25 heavy (non-hydrogen) atoms. The summed E-state index contributed by atoms with van der Waals surface area (Å²) in [5.41, 5.74) is 8.65. The fourth-order valence-electron chi connectivity index (χ4n) is 2.41. The van der Waals surface area contributed by atoms with Crippen LogP contribution in [0.1, 0.15) is 16.1 Å². The highest BCUT2D eigenvalue weighted by molar-refractivity contribution is 7.89. The smallest absolute Gasteiger partial charge is 0.269 e. The summed E-state index contributed by atoms with van der Waals surface area (Å²) in [6, 6.07) is 15.2. The van der Waals surface area contributed by atoms with Gasteiger partial charge in [0.2, 0.25) is 10.0 Å². The van der Waals surface area contributed by atoms with E-state index in [2.05, 4.69) is 5.10 Å². The third-order valence-electron chi connectivity index (χ3n) is 3.72. The first-order chi connectivity index (χ1) is 11.8. The van der Waals surface area contributed by atoms with Crippen LogP contribution in [0.15, 0.2) is 59.5 Å². The van der Waals surface area contributed by atoms with E-state index in [0.29, 0.717) is 11.4 Å². The number of nitrogens with two attached hydrogens (primary N) is 2. The molecular formula is C17H16N4O3S. The molecule has 0 bridgehead atoms. The van der Waals surface area contributed by atoms with Gasteiger partial charge in [-0.05, 0) is 37.3 Å². The van der Waals surface area contributed by atoms with E-state index in [1.807, 2.05) is 31.2 Å². The molecule has 0 aliphatic heterocycles. The Labute approximate surface area is 144 Å². The SMILES string of the molecule is Cc1ccc(-c2cc(C(N)=O)nn2-c2ccc(S(N)(=O)=O)cc2)cc1. The van der Waals surface area contributed by atoms with Crippen LogP contribution >= 0.6 is 0 Å². The lowest BCUT2D eigenvalue weighted by atomic mass is 10.1. The van der Waals surface area contributed by atoms with Gasteiger partial charge in [-0.2, -0.15) is 5.10 Å². The second-order valence-electron chi connectivity index (χ2n) is 5.60. The van der Waals surface area contributed by atoms with Crippen molar-refractivity contribution >= 4 is 15.9 Å². The number of carbonyl (C=O) groups excluding carboxylic acids is 1. The Morgan fingerprint density at radius 1 is 1.04 bits per heavy atom. The number of aryl methyl sites for hydroxylation is 1. The Balaban J connectivity index is 2.14. The molecule has 0 unspecified atom stereocenters. The van der Waals surface area contributed by atoms with Crippen molar-refractivity contribution in [2.75, 3.05) is 0 Å². The molecule has 0 saturated heterocycles. The van der Waals surface area contributed by atoms with Crippen molar-refractivity contribution in [1.82, 2.24) is 9.78 Å². The van der Waals surface area contributed by atoms with Gasteiger partial charge in [0.05, 0.1) is 16.3 Å². The Bertz CT molecular complexity index is 1040. The zero-order chi connectivity index (χ0) is 18.2. The largest absolute Gasteiger partial charge is 0.364 e. The normalized spacial score (nSPS) is 11.4. The fraction of sp³-hybridized carbons (Fsp3) is 0.0588. The molecule has 1 amide bonds. The molecular weight excluding hydrogens is 340 g/mol. The second-order valence-corrected chi connectivity index (χ2v) is 7.16. The van der Waals surface area contributed by atoms with E-state index in [-0.39, 0.29) is 10.6 Å². The van der Waals surface area contributed by atoms with Crippen molar-refractivity contribution in [1.29, 1.82) is 0 Å². The lowest BCUT2D eigenvalue weighted by Crippen LogP contribution is -2.13. The molecule has 0 radical (unpaired) electrons. The van der Waals surface area contributed by atoms with Crippen molar-refractivity contribution in [2.45, 2.75) is 11.8 Å². The van der Waals surface area contributed by atoms with E-state index < -0.39 is 15.9 Å². The van der Waals surface area contributed by atoms with E-state index in [9.17, 15) is 13.2 Å². The number of primary amides is 1. The van der Waals surface area contributed by atoms with Gasteiger partial charge in [-0.25, -0.2) is 18.2 Å². The van der Waals surface area contributed by atoms with Crippen molar-refractivity contribution in [3.63, 3.8) is 0 Å². The van der Waals surface area contributed by atoms with E-state index in [1.165, 1.54) is 16.8 Å². The minimum Gasteiger partial charge on any atom is -0.364 e. The molecule has 0 aliphatic rings. The molecule has 3 aromatic rings. The van der Waals surface area contributed by atoms with Gasteiger partial charge >= 0.3 is 0 Å². The number of hydrogen-bond donors (Lipinski definition) is 2. The number of nitrogens with zero attached hydrogens (tertiary/aromatic N) is 2. The van der Waals surface area contributed by atoms with E-state index >= 15 is 0 Å². The number of benzene rings is 2. The first kappa shape index (κ1) is 16.9. The second kappa shape index (κ2) is 6.15. The summed E-state index contributed by atoms with van der Waals surface area (Å²) in [5, 5.41) is 9.35. The third kappa shape index (κ3) is 3.44. The average molecular weight is 356 g/mol. The molecule has 0 atom stereocenters. The summed E-state index contributed by atoms with van der Waals surface area (Å²) in [5.74, 6) is -0.645. The predicted molar refractivity (Wildman–Crippen MR) is 93.6 cm³/mol. The van der Waals surface area contributed by atoms with Crippen LogP contribution in [-0.2, 0) is 10.0 Å². The fourth-order valence-corrected chi connectivity index (χ4v) is 2.92. The number of aromatic nitrogens is 2. The lowest BCUT2D eigenvalue weighted by Gasteiger charge is -2.08. The molecule has 7 nitrogen and oxygen atoms in total. The van der Waals surface area contributed by atoms with Crippen LogP contribution in [0, 0.1) is 6.92 Å². The maximum Gasteiger partial charge on any atom is 0.269 e. The quantitative estimate of drug-likeness (QED) is 0.737. The summed E-state index contributed by atoms with van der Waals surface area (Å²) < 4.78 is 24.3. The van der Waals surface area contributed by atoms with E-state index in [4.69, 9.17) is 10.9 Å². The Morgan fingerprint density at radius 3 is 2.16 bits per heavy atom. The van der Waals surface area contributed by atoms with Crippen LogP contribution in [0.3, 0.4) is 0 Å². The summed E-state index contributed by atoms with van der Waals surface area (Å²) in [4.78, 5) is 11.5. The van der Waals surface area contributed by atoms with Crippen molar-refractivity contribution < 1.29 is 13.2 Å². The molecule has 4 N–H and O–H groups in total. The molecule has 1 heterocycles. The molecule has 2 aromatic carbocycles. The number of sulfonamides is 1. The third-order valence-corrected chi connectivity index (χ3v) is 4.65. The van der Waals surface area contributed by atoms with Crippen LogP contribution in [0.25, 0.3) is 16.9 Å². The standard InChI is InChI=1S/C17H16N4O3S/c1-11-2-4-12(5-3-11)16-10-15(17(18)22)20-21(16)13-6-8-14(9-7-13)25(19,23)24/h2-10H,1H3,(H2,18,22)(H2,19,23,24). The summed E-state index contributed by atoms with van der Waals surface area (Å²) in [6.45, 7) is 1.97. The predicted octanol–water partition coefficient (Wildman–Crippen LogP) is 1.59. The van der Waals surface area contributed by atoms with Gasteiger partial charge in [0.15, 0.2) is 5.69 Å². The monoisotopic (exact) mass is 356 g/mol. The van der Waals surface area contributed by atoms with E-state index in [0.717, 1.165) is 11.1 Å². The lowest BCUT2D eigenvalue weighted by molar-refractivity contribution is 0.0995. The van der Waals surface area contributed by atoms with Crippen LogP contribution in [-0.4, -0.2) is 24.1 Å². The Kier molecular flexibility index (Phi) is 4.15. The molecule has 0 spiro atoms. The molecule has 128 valence electrons. The van der Waals surface area contributed by atoms with Crippen molar-refractivity contribution in [3.8, 4) is 16.9 Å². The maximum absolute atomic E-state index is 11.5. The number of hydrogen-bond acceptors (Lipinski definition) is 4. The highest BCUT2D eigenvalue weighted by Gasteiger charge is 2.15. The van der Waals surface area contributed by atoms with Gasteiger partial charge < -0.3 is 5.73 Å². The highest BCUT2D eigenvalue weighted by atomic mass is 32.2. The summed E-state index contributed by atoms with van der Waals surface area (Å²) in [7, 11) is -3.78. The van der Waals surface area contributed by atoms with Gasteiger partial charge in [0, 0.05) is 5.56 Å².